The van der Waals surface area contributed by atoms with Crippen molar-refractivity contribution in [2.75, 3.05) is 0 Å². The Balaban J connectivity index is 2.72. The lowest BCUT2D eigenvalue weighted by atomic mass is 9.87. The molecule has 1 rings (SSSR count). The minimum Gasteiger partial charge on any atom is -0.368 e. The first kappa shape index (κ1) is 14.2. The predicted molar refractivity (Wildman–Crippen MR) is 70.7 cm³/mol. The summed E-state index contributed by atoms with van der Waals surface area (Å²) in [6.07, 6.45) is 0.246. The van der Waals surface area contributed by atoms with Gasteiger partial charge >= 0.3 is 0 Å². The Morgan fingerprint density at radius 2 is 1.83 bits per heavy atom. The van der Waals surface area contributed by atoms with E-state index in [1.165, 1.54) is 0 Å². The molecule has 0 aromatic heterocycles. The second-order valence-electron chi connectivity index (χ2n) is 4.93. The third kappa shape index (κ3) is 3.32. The maximum atomic E-state index is 11.9. The third-order valence-electron chi connectivity index (χ3n) is 3.27. The van der Waals surface area contributed by atoms with Gasteiger partial charge in [-0.05, 0) is 18.4 Å². The van der Waals surface area contributed by atoms with E-state index in [-0.39, 0.29) is 18.2 Å². The summed E-state index contributed by atoms with van der Waals surface area (Å²) in [5, 5.41) is 2.73. The van der Waals surface area contributed by atoms with Gasteiger partial charge in [0.15, 0.2) is 0 Å². The molecule has 0 aliphatic heterocycles. The van der Waals surface area contributed by atoms with Gasteiger partial charge in [-0.1, -0.05) is 44.2 Å². The molecule has 0 aliphatic carbocycles. The largest absolute Gasteiger partial charge is 0.368 e. The van der Waals surface area contributed by atoms with Crippen LogP contribution in [0.5, 0.6) is 0 Å². The highest BCUT2D eigenvalue weighted by Crippen LogP contribution is 2.16. The summed E-state index contributed by atoms with van der Waals surface area (Å²) in [7, 11) is 0. The van der Waals surface area contributed by atoms with Crippen LogP contribution in [0.2, 0.25) is 0 Å². The summed E-state index contributed by atoms with van der Waals surface area (Å²) in [4.78, 5) is 23.4. The van der Waals surface area contributed by atoms with E-state index in [0.717, 1.165) is 5.56 Å². The van der Waals surface area contributed by atoms with Gasteiger partial charge < -0.3 is 11.1 Å². The van der Waals surface area contributed by atoms with Crippen LogP contribution in [0.1, 0.15) is 26.3 Å². The number of nitrogens with two attached hydrogens (primary N) is 1. The minimum atomic E-state index is -1.01. The Hall–Kier alpha value is -1.84. The van der Waals surface area contributed by atoms with Crippen molar-refractivity contribution in [1.82, 2.24) is 5.32 Å². The van der Waals surface area contributed by atoms with Crippen molar-refractivity contribution >= 4 is 11.8 Å². The molecule has 0 unspecified atom stereocenters. The van der Waals surface area contributed by atoms with Crippen molar-refractivity contribution in [3.8, 4) is 0 Å². The molecule has 98 valence electrons. The molecule has 1 aromatic carbocycles. The molecular weight excluding hydrogens is 228 g/mol. The molecule has 0 bridgehead atoms. The van der Waals surface area contributed by atoms with E-state index in [4.69, 9.17) is 5.73 Å². The van der Waals surface area contributed by atoms with Gasteiger partial charge in [0, 0.05) is 0 Å². The Kier molecular flexibility index (Phi) is 4.48. The topological polar surface area (TPSA) is 72.2 Å². The van der Waals surface area contributed by atoms with Crippen molar-refractivity contribution in [2.24, 2.45) is 11.7 Å². The lowest BCUT2D eigenvalue weighted by Gasteiger charge is -2.31. The number of hydrogen-bond donors (Lipinski definition) is 2. The molecule has 0 saturated heterocycles. The summed E-state index contributed by atoms with van der Waals surface area (Å²) < 4.78 is 0. The number of rotatable bonds is 5. The Morgan fingerprint density at radius 3 is 2.28 bits per heavy atom. The van der Waals surface area contributed by atoms with E-state index in [1.807, 2.05) is 44.2 Å². The fraction of sp³-hybridized carbons (Fsp3) is 0.429. The smallest absolute Gasteiger partial charge is 0.243 e. The molecule has 0 heterocycles. The van der Waals surface area contributed by atoms with Crippen LogP contribution in [0, 0.1) is 5.92 Å². The zero-order valence-electron chi connectivity index (χ0n) is 11.1. The monoisotopic (exact) mass is 248 g/mol. The molecule has 0 aliphatic rings. The number of primary amides is 1. The molecule has 4 nitrogen and oxygen atoms in total. The molecule has 0 spiro atoms. The van der Waals surface area contributed by atoms with Crippen LogP contribution in [0.4, 0.5) is 0 Å². The summed E-state index contributed by atoms with van der Waals surface area (Å²) in [5.74, 6) is -0.773. The van der Waals surface area contributed by atoms with Crippen LogP contribution in [0.25, 0.3) is 0 Å². The van der Waals surface area contributed by atoms with E-state index in [0.29, 0.717) is 0 Å². The third-order valence-corrected chi connectivity index (χ3v) is 3.27. The van der Waals surface area contributed by atoms with Gasteiger partial charge in [0.25, 0.3) is 0 Å². The van der Waals surface area contributed by atoms with E-state index < -0.39 is 11.4 Å². The Labute approximate surface area is 108 Å². The summed E-state index contributed by atoms with van der Waals surface area (Å²) in [5.41, 5.74) is 5.26. The lowest BCUT2D eigenvalue weighted by molar-refractivity contribution is -0.132. The first-order valence-electron chi connectivity index (χ1n) is 6.01. The Morgan fingerprint density at radius 1 is 1.28 bits per heavy atom. The fourth-order valence-corrected chi connectivity index (χ4v) is 1.61. The van der Waals surface area contributed by atoms with E-state index in [2.05, 4.69) is 5.32 Å². The molecule has 3 N–H and O–H groups in total. The molecule has 0 saturated carbocycles. The zero-order chi connectivity index (χ0) is 13.8. The predicted octanol–water partition coefficient (Wildman–Crippen LogP) is 1.25. The van der Waals surface area contributed by atoms with Crippen LogP contribution in [-0.4, -0.2) is 17.4 Å². The van der Waals surface area contributed by atoms with Gasteiger partial charge in [-0.25, -0.2) is 0 Å². The number of amides is 2. The molecule has 1 aromatic rings. The molecule has 2 amide bonds. The highest BCUT2D eigenvalue weighted by Gasteiger charge is 2.36. The van der Waals surface area contributed by atoms with Crippen LogP contribution >= 0.6 is 0 Å². The van der Waals surface area contributed by atoms with Gasteiger partial charge in [-0.3, -0.25) is 9.59 Å². The second kappa shape index (κ2) is 5.67. The van der Waals surface area contributed by atoms with Crippen LogP contribution in [0.15, 0.2) is 30.3 Å². The second-order valence-corrected chi connectivity index (χ2v) is 4.93. The van der Waals surface area contributed by atoms with Crippen molar-refractivity contribution in [3.63, 3.8) is 0 Å². The highest BCUT2D eigenvalue weighted by atomic mass is 16.2. The molecule has 4 heteroatoms. The molecule has 0 radical (unpaired) electrons. The van der Waals surface area contributed by atoms with Crippen LogP contribution in [-0.2, 0) is 16.0 Å². The first-order valence-corrected chi connectivity index (χ1v) is 6.01. The van der Waals surface area contributed by atoms with Crippen molar-refractivity contribution in [3.05, 3.63) is 35.9 Å². The molecule has 1 atom stereocenters. The van der Waals surface area contributed by atoms with E-state index >= 15 is 0 Å². The van der Waals surface area contributed by atoms with E-state index in [9.17, 15) is 9.59 Å². The number of nitrogens with one attached hydrogen (secondary N) is 1. The maximum absolute atomic E-state index is 11.9. The Bertz CT molecular complexity index is 429. The maximum Gasteiger partial charge on any atom is 0.243 e. The molecular formula is C14H20N2O2. The fourth-order valence-electron chi connectivity index (χ4n) is 1.61. The van der Waals surface area contributed by atoms with Crippen molar-refractivity contribution in [1.29, 1.82) is 0 Å². The minimum absolute atomic E-state index is 0.0604. The van der Waals surface area contributed by atoms with Crippen molar-refractivity contribution < 1.29 is 9.59 Å². The standard InChI is InChI=1S/C14H20N2O2/c1-10(2)14(3,13(15)18)16-12(17)9-11-7-5-4-6-8-11/h4-8,10H,9H2,1-3H3,(H2,15,18)(H,16,17)/t14-/m1/s1. The quantitative estimate of drug-likeness (QED) is 0.823. The van der Waals surface area contributed by atoms with Crippen molar-refractivity contribution in [2.45, 2.75) is 32.7 Å². The SMILES string of the molecule is CC(C)[C@@](C)(NC(=O)Cc1ccccc1)C(N)=O. The average molecular weight is 248 g/mol. The molecule has 18 heavy (non-hydrogen) atoms. The highest BCUT2D eigenvalue weighted by molar-refractivity contribution is 5.90. The van der Waals surface area contributed by atoms with Crippen LogP contribution < -0.4 is 11.1 Å². The van der Waals surface area contributed by atoms with Crippen LogP contribution in [0.3, 0.4) is 0 Å². The normalized spacial score (nSPS) is 14.0. The lowest BCUT2D eigenvalue weighted by Crippen LogP contribution is -2.59. The van der Waals surface area contributed by atoms with Gasteiger partial charge in [-0.15, -0.1) is 0 Å². The number of hydrogen-bond acceptors (Lipinski definition) is 2. The van der Waals surface area contributed by atoms with Gasteiger partial charge in [0.1, 0.15) is 5.54 Å². The van der Waals surface area contributed by atoms with Gasteiger partial charge in [0.2, 0.25) is 11.8 Å². The van der Waals surface area contributed by atoms with Gasteiger partial charge in [-0.2, -0.15) is 0 Å². The zero-order valence-corrected chi connectivity index (χ0v) is 11.1. The summed E-state index contributed by atoms with van der Waals surface area (Å²) in [6.45, 7) is 5.37. The number of carbonyl (C=O) groups excluding carboxylic acids is 2. The average Bonchev–Trinajstić information content (AvgIpc) is 2.29. The number of benzene rings is 1. The molecule has 0 fully saturated rings. The van der Waals surface area contributed by atoms with Gasteiger partial charge in [0.05, 0.1) is 6.42 Å². The summed E-state index contributed by atoms with van der Waals surface area (Å²) in [6, 6.07) is 9.38. The number of carbonyl (C=O) groups is 2. The first-order chi connectivity index (χ1) is 8.36. The van der Waals surface area contributed by atoms with E-state index in [1.54, 1.807) is 6.92 Å². The summed E-state index contributed by atoms with van der Waals surface area (Å²) >= 11 is 0.